The zero-order valence-corrected chi connectivity index (χ0v) is 20.0. The van der Waals surface area contributed by atoms with Gasteiger partial charge in [-0.05, 0) is 36.4 Å². The second-order valence-corrected chi connectivity index (χ2v) is 11.7. The molecule has 1 amide bonds. The highest BCUT2D eigenvalue weighted by Gasteiger charge is 2.59. The molecule has 0 radical (unpaired) electrons. The number of hydrogen-bond donors (Lipinski definition) is 0. The number of aromatic nitrogens is 2. The van der Waals surface area contributed by atoms with Gasteiger partial charge in [0.05, 0.1) is 0 Å². The lowest BCUT2D eigenvalue weighted by atomic mass is 10.3. The molecule has 0 bridgehead atoms. The molecule has 0 saturated carbocycles. The molecule has 0 N–H and O–H groups in total. The van der Waals surface area contributed by atoms with E-state index in [1.807, 2.05) is 23.1 Å². The number of benzene rings is 3. The zero-order valence-electron chi connectivity index (χ0n) is 16.7. The minimum absolute atomic E-state index is 0. The molecule has 1 unspecified atom stereocenters. The van der Waals surface area contributed by atoms with Crippen molar-refractivity contribution in [2.75, 3.05) is 11.4 Å². The van der Waals surface area contributed by atoms with Crippen LogP contribution in [-0.4, -0.2) is 28.3 Å². The lowest BCUT2D eigenvalue weighted by Gasteiger charge is -2.31. The minimum atomic E-state index is -2.23. The van der Waals surface area contributed by atoms with E-state index in [2.05, 4.69) is 83.0 Å². The van der Waals surface area contributed by atoms with Gasteiger partial charge in [-0.1, -0.05) is 65.9 Å². The number of anilines is 1. The lowest BCUT2D eigenvalue weighted by Crippen LogP contribution is -3.00. The van der Waals surface area contributed by atoms with Crippen LogP contribution in [0.25, 0.3) is 0 Å². The van der Waals surface area contributed by atoms with Crippen molar-refractivity contribution in [2.24, 2.45) is 0 Å². The van der Waals surface area contributed by atoms with E-state index in [0.717, 1.165) is 6.42 Å². The summed E-state index contributed by atoms with van der Waals surface area (Å²) in [6.45, 7) is 0.674. The van der Waals surface area contributed by atoms with Crippen LogP contribution in [0.1, 0.15) is 6.42 Å². The van der Waals surface area contributed by atoms with Gasteiger partial charge in [-0.25, -0.2) is 0 Å². The van der Waals surface area contributed by atoms with Gasteiger partial charge in [0.1, 0.15) is 28.7 Å². The molecule has 156 valence electrons. The molecular weight excluding hydrogens is 489 g/mol. The summed E-state index contributed by atoms with van der Waals surface area (Å²) in [6.07, 6.45) is 0.797. The van der Waals surface area contributed by atoms with Crippen molar-refractivity contribution in [1.29, 1.82) is 0 Å². The Bertz CT molecular complexity index is 1030. The normalized spacial score (nSPS) is 16.2. The minimum Gasteiger partial charge on any atom is -1.00 e. The van der Waals surface area contributed by atoms with Gasteiger partial charge in [0.25, 0.3) is 5.91 Å². The molecule has 1 fully saturated rings. The Labute approximate surface area is 197 Å². The van der Waals surface area contributed by atoms with Gasteiger partial charge in [0.2, 0.25) is 5.13 Å². The maximum Gasteiger partial charge on any atom is 0.270 e. The first-order chi connectivity index (χ1) is 14.8. The molecule has 1 aromatic heterocycles. The summed E-state index contributed by atoms with van der Waals surface area (Å²) in [4.78, 5) is 15.7. The van der Waals surface area contributed by atoms with Crippen molar-refractivity contribution in [1.82, 2.24) is 10.2 Å². The highest BCUT2D eigenvalue weighted by Crippen LogP contribution is 2.62. The third-order valence-electron chi connectivity index (χ3n) is 5.71. The lowest BCUT2D eigenvalue weighted by molar-refractivity contribution is -0.116. The number of hydrogen-bond acceptors (Lipinski definition) is 4. The standard InChI is InChI=1S/C24H21N3OPS.BrH/c28-23-22(16-17-27(23)24-26-25-18-30-24)29(19-10-4-1-5-11-19,20-12-6-2-7-13-20)21-14-8-3-9-15-21;/h1-15,18,22H,16-17H2;1H/q+1;/p-1. The second-order valence-electron chi connectivity index (χ2n) is 7.25. The van der Waals surface area contributed by atoms with Crippen molar-refractivity contribution in [3.05, 3.63) is 96.5 Å². The summed E-state index contributed by atoms with van der Waals surface area (Å²) in [5.74, 6) is 0.150. The Kier molecular flexibility index (Phi) is 6.61. The first-order valence-corrected chi connectivity index (χ1v) is 12.7. The number of amides is 1. The Morgan fingerprint density at radius 3 is 1.71 bits per heavy atom. The Balaban J connectivity index is 0.00000231. The van der Waals surface area contributed by atoms with Crippen molar-refractivity contribution in [3.63, 3.8) is 0 Å². The fourth-order valence-electron chi connectivity index (χ4n) is 4.48. The number of carbonyl (C=O) groups is 1. The molecule has 4 nitrogen and oxygen atoms in total. The summed E-state index contributed by atoms with van der Waals surface area (Å²) in [5.41, 5.74) is 1.55. The highest BCUT2D eigenvalue weighted by atomic mass is 79.9. The molecule has 7 heteroatoms. The van der Waals surface area contributed by atoms with Crippen LogP contribution >= 0.6 is 18.6 Å². The van der Waals surface area contributed by atoms with E-state index in [-0.39, 0.29) is 28.5 Å². The summed E-state index contributed by atoms with van der Waals surface area (Å²) in [5, 5.41) is 12.5. The third-order valence-corrected chi connectivity index (χ3v) is 11.2. The van der Waals surface area contributed by atoms with Gasteiger partial charge in [0.15, 0.2) is 5.66 Å². The van der Waals surface area contributed by atoms with E-state index < -0.39 is 7.26 Å². The number of nitrogens with zero attached hydrogens (tertiary/aromatic N) is 3. The SMILES string of the molecule is O=C1C([P+](c2ccccc2)(c2ccccc2)c2ccccc2)CCN1c1nncs1.[Br-]. The molecule has 1 saturated heterocycles. The van der Waals surface area contributed by atoms with Crippen LogP contribution in [-0.2, 0) is 4.79 Å². The van der Waals surface area contributed by atoms with Crippen molar-refractivity contribution >= 4 is 45.6 Å². The van der Waals surface area contributed by atoms with E-state index in [4.69, 9.17) is 0 Å². The predicted molar refractivity (Wildman–Crippen MR) is 126 cm³/mol. The molecule has 0 aliphatic carbocycles. The van der Waals surface area contributed by atoms with E-state index in [0.29, 0.717) is 11.7 Å². The molecule has 4 aromatic rings. The van der Waals surface area contributed by atoms with Crippen molar-refractivity contribution in [2.45, 2.75) is 12.1 Å². The molecule has 2 heterocycles. The Hall–Kier alpha value is -2.40. The van der Waals surface area contributed by atoms with Gasteiger partial charge in [-0.3, -0.25) is 9.69 Å². The molecule has 1 atom stereocenters. The molecular formula is C24H21BrN3OPS. The largest absolute Gasteiger partial charge is 1.00 e. The molecule has 1 aliphatic heterocycles. The maximum atomic E-state index is 13.9. The molecule has 0 spiro atoms. The first kappa shape index (κ1) is 21.8. The van der Waals surface area contributed by atoms with Gasteiger partial charge in [0, 0.05) is 13.0 Å². The Morgan fingerprint density at radius 1 is 0.806 bits per heavy atom. The zero-order chi connectivity index (χ0) is 20.4. The summed E-state index contributed by atoms with van der Waals surface area (Å²) >= 11 is 1.42. The van der Waals surface area contributed by atoms with E-state index in [1.165, 1.54) is 27.3 Å². The van der Waals surface area contributed by atoms with Crippen LogP contribution in [0.3, 0.4) is 0 Å². The summed E-state index contributed by atoms with van der Waals surface area (Å²) < 4.78 is 0. The second kappa shape index (κ2) is 9.39. The van der Waals surface area contributed by atoms with E-state index in [1.54, 1.807) is 5.51 Å². The predicted octanol–water partition coefficient (Wildman–Crippen LogP) is 0.641. The maximum absolute atomic E-state index is 13.9. The molecule has 3 aromatic carbocycles. The van der Waals surface area contributed by atoms with Crippen molar-refractivity contribution in [3.8, 4) is 0 Å². The van der Waals surface area contributed by atoms with Crippen LogP contribution in [0, 0.1) is 0 Å². The number of carbonyl (C=O) groups excluding carboxylic acids is 1. The smallest absolute Gasteiger partial charge is 0.270 e. The van der Waals surface area contributed by atoms with Crippen LogP contribution in [0.4, 0.5) is 5.13 Å². The summed E-state index contributed by atoms with van der Waals surface area (Å²) in [7, 11) is -2.23. The van der Waals surface area contributed by atoms with Gasteiger partial charge < -0.3 is 17.0 Å². The highest BCUT2D eigenvalue weighted by molar-refractivity contribution is 7.97. The monoisotopic (exact) mass is 509 g/mol. The Morgan fingerprint density at radius 2 is 1.29 bits per heavy atom. The average Bonchev–Trinajstić information content (AvgIpc) is 3.47. The number of rotatable bonds is 5. The first-order valence-electron chi connectivity index (χ1n) is 9.95. The van der Waals surface area contributed by atoms with Gasteiger partial charge in [-0.2, -0.15) is 0 Å². The van der Waals surface area contributed by atoms with Crippen molar-refractivity contribution < 1.29 is 21.8 Å². The molecule has 31 heavy (non-hydrogen) atoms. The van der Waals surface area contributed by atoms with E-state index in [9.17, 15) is 4.79 Å². The van der Waals surface area contributed by atoms with Crippen LogP contribution in [0.15, 0.2) is 96.5 Å². The van der Waals surface area contributed by atoms with Gasteiger partial charge in [-0.15, -0.1) is 10.2 Å². The topological polar surface area (TPSA) is 46.1 Å². The van der Waals surface area contributed by atoms with Crippen LogP contribution in [0.2, 0.25) is 0 Å². The molecule has 5 rings (SSSR count). The third kappa shape index (κ3) is 3.73. The fourth-order valence-corrected chi connectivity index (χ4v) is 9.94. The molecule has 1 aliphatic rings. The average molecular weight is 510 g/mol. The fraction of sp³-hybridized carbons (Fsp3) is 0.125. The van der Waals surface area contributed by atoms with E-state index >= 15 is 0 Å². The quantitative estimate of drug-likeness (QED) is 0.371. The van der Waals surface area contributed by atoms with Gasteiger partial charge >= 0.3 is 0 Å². The van der Waals surface area contributed by atoms with Crippen LogP contribution in [0.5, 0.6) is 0 Å². The number of halogens is 1. The van der Waals surface area contributed by atoms with Crippen LogP contribution < -0.4 is 37.8 Å². The summed E-state index contributed by atoms with van der Waals surface area (Å²) in [6, 6.07) is 31.7.